The Morgan fingerprint density at radius 1 is 1.28 bits per heavy atom. The molecule has 96 valence electrons. The Hall–Kier alpha value is -1.20. The number of hydrogen-bond donors (Lipinski definition) is 1. The van der Waals surface area contributed by atoms with Gasteiger partial charge in [-0.2, -0.15) is 5.10 Å². The van der Waals surface area contributed by atoms with E-state index in [9.17, 15) is 0 Å². The second-order valence-electron chi connectivity index (χ2n) is 4.23. The van der Waals surface area contributed by atoms with Gasteiger partial charge >= 0.3 is 0 Å². The third-order valence-electron chi connectivity index (χ3n) is 2.55. The number of hydrogen-bond acceptors (Lipinski definition) is 3. The van der Waals surface area contributed by atoms with Crippen molar-refractivity contribution in [3.8, 4) is 0 Å². The van der Waals surface area contributed by atoms with Crippen molar-refractivity contribution in [2.75, 3.05) is 6.54 Å². The number of pyridine rings is 1. The fraction of sp³-hybridized carbons (Fsp3) is 0.385. The van der Waals surface area contributed by atoms with Crippen LogP contribution in [0.3, 0.4) is 0 Å². The van der Waals surface area contributed by atoms with E-state index < -0.39 is 0 Å². The molecule has 2 rings (SSSR count). The van der Waals surface area contributed by atoms with E-state index in [0.717, 1.165) is 36.1 Å². The number of aromatic nitrogens is 3. The molecule has 0 radical (unpaired) electrons. The minimum absolute atomic E-state index is 0.750. The van der Waals surface area contributed by atoms with E-state index in [1.807, 2.05) is 17.1 Å². The lowest BCUT2D eigenvalue weighted by Crippen LogP contribution is -2.13. The van der Waals surface area contributed by atoms with Gasteiger partial charge in [0.05, 0.1) is 12.7 Å². The third kappa shape index (κ3) is 3.92. The van der Waals surface area contributed by atoms with Gasteiger partial charge in [0, 0.05) is 35.2 Å². The van der Waals surface area contributed by atoms with Crippen LogP contribution in [0.2, 0.25) is 0 Å². The molecule has 0 aliphatic carbocycles. The summed E-state index contributed by atoms with van der Waals surface area (Å²) < 4.78 is 2.93. The zero-order chi connectivity index (χ0) is 12.8. The van der Waals surface area contributed by atoms with Crippen molar-refractivity contribution in [3.63, 3.8) is 0 Å². The predicted molar refractivity (Wildman–Crippen MR) is 75.3 cm³/mol. The van der Waals surface area contributed by atoms with E-state index in [-0.39, 0.29) is 0 Å². The summed E-state index contributed by atoms with van der Waals surface area (Å²) in [6.45, 7) is 4.84. The van der Waals surface area contributed by atoms with Crippen molar-refractivity contribution >= 4 is 15.9 Å². The van der Waals surface area contributed by atoms with Crippen LogP contribution in [-0.4, -0.2) is 21.3 Å². The Balaban J connectivity index is 1.94. The van der Waals surface area contributed by atoms with Gasteiger partial charge < -0.3 is 5.32 Å². The Morgan fingerprint density at radius 2 is 2.17 bits per heavy atom. The van der Waals surface area contributed by atoms with Crippen molar-refractivity contribution in [2.45, 2.75) is 26.4 Å². The first-order chi connectivity index (χ1) is 8.78. The van der Waals surface area contributed by atoms with E-state index in [2.05, 4.69) is 50.5 Å². The average Bonchev–Trinajstić information content (AvgIpc) is 2.77. The summed E-state index contributed by atoms with van der Waals surface area (Å²) in [5, 5.41) is 7.72. The molecule has 0 spiro atoms. The molecule has 0 saturated heterocycles. The highest BCUT2D eigenvalue weighted by Gasteiger charge is 2.00. The van der Waals surface area contributed by atoms with Crippen LogP contribution in [-0.2, 0) is 13.1 Å². The van der Waals surface area contributed by atoms with Gasteiger partial charge in [-0.15, -0.1) is 0 Å². The van der Waals surface area contributed by atoms with Crippen LogP contribution in [0, 0.1) is 0 Å². The quantitative estimate of drug-likeness (QED) is 0.834. The van der Waals surface area contributed by atoms with Gasteiger partial charge in [0.25, 0.3) is 0 Å². The number of rotatable bonds is 6. The van der Waals surface area contributed by atoms with E-state index in [1.54, 1.807) is 6.20 Å². The van der Waals surface area contributed by atoms with Crippen LogP contribution < -0.4 is 5.32 Å². The number of halogens is 1. The van der Waals surface area contributed by atoms with E-state index in [0.29, 0.717) is 0 Å². The standard InChI is InChI=1S/C13H17BrN4/c1-2-3-15-6-12-7-17-18(10-12)9-11-4-13(14)8-16-5-11/h4-5,7-8,10,15H,2-3,6,9H2,1H3. The Morgan fingerprint density at radius 3 is 2.94 bits per heavy atom. The average molecular weight is 309 g/mol. The molecule has 0 aliphatic heterocycles. The summed E-state index contributed by atoms with van der Waals surface area (Å²) in [5.74, 6) is 0. The zero-order valence-corrected chi connectivity index (χ0v) is 12.0. The molecule has 4 nitrogen and oxygen atoms in total. The topological polar surface area (TPSA) is 42.7 Å². The second kappa shape index (κ2) is 6.66. The third-order valence-corrected chi connectivity index (χ3v) is 2.98. The maximum atomic E-state index is 4.35. The summed E-state index contributed by atoms with van der Waals surface area (Å²) in [5.41, 5.74) is 2.35. The minimum Gasteiger partial charge on any atom is -0.313 e. The summed E-state index contributed by atoms with van der Waals surface area (Å²) in [4.78, 5) is 4.15. The fourth-order valence-electron chi connectivity index (χ4n) is 1.72. The molecular weight excluding hydrogens is 292 g/mol. The van der Waals surface area contributed by atoms with Gasteiger partial charge in [-0.3, -0.25) is 9.67 Å². The molecule has 2 aromatic rings. The first kappa shape index (κ1) is 13.2. The fourth-order valence-corrected chi connectivity index (χ4v) is 2.14. The highest BCUT2D eigenvalue weighted by molar-refractivity contribution is 9.10. The van der Waals surface area contributed by atoms with Gasteiger partial charge in [0.2, 0.25) is 0 Å². The van der Waals surface area contributed by atoms with E-state index >= 15 is 0 Å². The van der Waals surface area contributed by atoms with Crippen molar-refractivity contribution in [1.29, 1.82) is 0 Å². The molecular formula is C13H17BrN4. The summed E-state index contributed by atoms with van der Waals surface area (Å²) in [6.07, 6.45) is 8.78. The molecule has 0 fully saturated rings. The smallest absolute Gasteiger partial charge is 0.0674 e. The lowest BCUT2D eigenvalue weighted by molar-refractivity contribution is 0.668. The predicted octanol–water partition coefficient (Wildman–Crippen LogP) is 2.59. The normalized spacial score (nSPS) is 10.8. The number of nitrogens with zero attached hydrogens (tertiary/aromatic N) is 3. The van der Waals surface area contributed by atoms with Crippen LogP contribution in [0.5, 0.6) is 0 Å². The molecule has 2 aromatic heterocycles. The minimum atomic E-state index is 0.750. The lowest BCUT2D eigenvalue weighted by Gasteiger charge is -2.02. The molecule has 5 heteroatoms. The summed E-state index contributed by atoms with van der Waals surface area (Å²) >= 11 is 3.42. The lowest BCUT2D eigenvalue weighted by atomic mass is 10.3. The van der Waals surface area contributed by atoms with Gasteiger partial charge in [0.15, 0.2) is 0 Å². The van der Waals surface area contributed by atoms with Crippen LogP contribution in [0.4, 0.5) is 0 Å². The van der Waals surface area contributed by atoms with Gasteiger partial charge in [0.1, 0.15) is 0 Å². The first-order valence-corrected chi connectivity index (χ1v) is 6.88. The molecule has 18 heavy (non-hydrogen) atoms. The Bertz CT molecular complexity index is 495. The van der Waals surface area contributed by atoms with Gasteiger partial charge in [-0.1, -0.05) is 6.92 Å². The van der Waals surface area contributed by atoms with E-state index in [1.165, 1.54) is 5.56 Å². The molecule has 1 N–H and O–H groups in total. The van der Waals surface area contributed by atoms with Gasteiger partial charge in [-0.05, 0) is 40.5 Å². The SMILES string of the molecule is CCCNCc1cnn(Cc2cncc(Br)c2)c1. The molecule has 0 amide bonds. The van der Waals surface area contributed by atoms with E-state index in [4.69, 9.17) is 0 Å². The molecule has 0 bridgehead atoms. The molecule has 0 aliphatic rings. The Kier molecular flexibility index (Phi) is 4.90. The maximum absolute atomic E-state index is 4.35. The number of nitrogens with one attached hydrogen (secondary N) is 1. The molecule has 0 unspecified atom stereocenters. The van der Waals surface area contributed by atoms with Crippen LogP contribution >= 0.6 is 15.9 Å². The summed E-state index contributed by atoms with van der Waals surface area (Å²) in [7, 11) is 0. The molecule has 0 atom stereocenters. The maximum Gasteiger partial charge on any atom is 0.0674 e. The largest absolute Gasteiger partial charge is 0.313 e. The van der Waals surface area contributed by atoms with Crippen LogP contribution in [0.15, 0.2) is 35.3 Å². The second-order valence-corrected chi connectivity index (χ2v) is 5.15. The van der Waals surface area contributed by atoms with Crippen molar-refractivity contribution in [2.24, 2.45) is 0 Å². The van der Waals surface area contributed by atoms with Crippen molar-refractivity contribution < 1.29 is 0 Å². The van der Waals surface area contributed by atoms with Crippen LogP contribution in [0.1, 0.15) is 24.5 Å². The molecule has 2 heterocycles. The first-order valence-electron chi connectivity index (χ1n) is 6.09. The highest BCUT2D eigenvalue weighted by atomic mass is 79.9. The zero-order valence-electron chi connectivity index (χ0n) is 10.4. The molecule has 0 aromatic carbocycles. The summed E-state index contributed by atoms with van der Waals surface area (Å²) in [6, 6.07) is 2.06. The van der Waals surface area contributed by atoms with Crippen molar-refractivity contribution in [3.05, 3.63) is 46.5 Å². The van der Waals surface area contributed by atoms with Crippen molar-refractivity contribution in [1.82, 2.24) is 20.1 Å². The Labute approximate surface area is 116 Å². The molecule has 0 saturated carbocycles. The monoisotopic (exact) mass is 308 g/mol. The van der Waals surface area contributed by atoms with Gasteiger partial charge in [-0.25, -0.2) is 0 Å². The van der Waals surface area contributed by atoms with Crippen LogP contribution in [0.25, 0.3) is 0 Å². The highest BCUT2D eigenvalue weighted by Crippen LogP contribution is 2.10.